The highest BCUT2D eigenvalue weighted by Gasteiger charge is 2.57. The highest BCUT2D eigenvalue weighted by Crippen LogP contribution is 2.53. The fraction of sp³-hybridized carbons (Fsp3) is 0.759. The summed E-state index contributed by atoms with van der Waals surface area (Å²) in [5.41, 5.74) is 3.07. The highest BCUT2D eigenvalue weighted by molar-refractivity contribution is 6.62. The summed E-state index contributed by atoms with van der Waals surface area (Å²) in [6.07, 6.45) is 6.56. The lowest BCUT2D eigenvalue weighted by molar-refractivity contribution is -0.111. The van der Waals surface area contributed by atoms with Crippen molar-refractivity contribution in [2.24, 2.45) is 5.41 Å². The summed E-state index contributed by atoms with van der Waals surface area (Å²) in [6, 6.07) is 7.58. The molecule has 6 rings (SSSR count). The molecular formula is C29H43BN2O4. The van der Waals surface area contributed by atoms with Crippen molar-refractivity contribution in [3.05, 3.63) is 23.8 Å². The number of likely N-dealkylation sites (tertiary alicyclic amines) is 1. The maximum Gasteiger partial charge on any atom is 0.494 e. The third-order valence-corrected chi connectivity index (χ3v) is 10.4. The van der Waals surface area contributed by atoms with Crippen LogP contribution in [0.4, 0.5) is 5.69 Å². The summed E-state index contributed by atoms with van der Waals surface area (Å²) in [5.74, 6) is 0. The molecule has 1 aromatic rings. The molecular weight excluding hydrogens is 451 g/mol. The first kappa shape index (κ1) is 24.9. The van der Waals surface area contributed by atoms with E-state index in [0.29, 0.717) is 30.7 Å². The van der Waals surface area contributed by atoms with Gasteiger partial charge in [0.15, 0.2) is 0 Å². The van der Waals surface area contributed by atoms with E-state index in [0.717, 1.165) is 31.1 Å². The van der Waals surface area contributed by atoms with Crippen LogP contribution in [0.5, 0.6) is 0 Å². The van der Waals surface area contributed by atoms with Gasteiger partial charge in [0, 0.05) is 42.9 Å². The quantitative estimate of drug-likeness (QED) is 0.470. The Morgan fingerprint density at radius 3 is 2.19 bits per heavy atom. The van der Waals surface area contributed by atoms with E-state index < -0.39 is 7.12 Å². The number of hydrogen-bond donors (Lipinski definition) is 0. The van der Waals surface area contributed by atoms with Crippen molar-refractivity contribution in [1.29, 1.82) is 0 Å². The molecule has 196 valence electrons. The van der Waals surface area contributed by atoms with Gasteiger partial charge in [-0.15, -0.1) is 0 Å². The monoisotopic (exact) mass is 494 g/mol. The minimum Gasteiger partial charge on any atom is -0.399 e. The molecule has 1 aliphatic carbocycles. The van der Waals surface area contributed by atoms with E-state index in [1.54, 1.807) is 0 Å². The molecule has 0 aromatic heterocycles. The van der Waals surface area contributed by atoms with Gasteiger partial charge in [-0.1, -0.05) is 26.0 Å². The SMILES string of the molecule is CC1(C)CCN(C2CC(N3c4cc(B5OC(C)(C)C(C)(C)O5)ccc4C4(CCOCC4)C3C=O)C2)C1. The average Bonchev–Trinajstić information content (AvgIpc) is 3.35. The van der Waals surface area contributed by atoms with E-state index in [1.807, 2.05) is 0 Å². The molecule has 1 aromatic carbocycles. The van der Waals surface area contributed by atoms with Crippen LogP contribution in [0.15, 0.2) is 18.2 Å². The zero-order valence-electron chi connectivity index (χ0n) is 23.0. The number of ether oxygens (including phenoxy) is 1. The molecule has 4 aliphatic heterocycles. The summed E-state index contributed by atoms with van der Waals surface area (Å²) in [5, 5.41) is 0. The second kappa shape index (κ2) is 8.30. The summed E-state index contributed by atoms with van der Waals surface area (Å²) < 4.78 is 18.6. The Morgan fingerprint density at radius 1 is 0.944 bits per heavy atom. The fourth-order valence-electron chi connectivity index (χ4n) is 7.36. The lowest BCUT2D eigenvalue weighted by Crippen LogP contribution is -2.59. The summed E-state index contributed by atoms with van der Waals surface area (Å²) in [7, 11) is -0.399. The Labute approximate surface area is 217 Å². The Bertz CT molecular complexity index is 1010. The molecule has 1 spiro atoms. The van der Waals surface area contributed by atoms with Gasteiger partial charge < -0.3 is 23.7 Å². The van der Waals surface area contributed by atoms with Crippen LogP contribution in [0.2, 0.25) is 0 Å². The van der Waals surface area contributed by atoms with Gasteiger partial charge in [-0.3, -0.25) is 4.90 Å². The second-order valence-corrected chi connectivity index (χ2v) is 13.8. The molecule has 4 fully saturated rings. The lowest BCUT2D eigenvalue weighted by atomic mass is 9.69. The van der Waals surface area contributed by atoms with E-state index in [-0.39, 0.29) is 22.7 Å². The van der Waals surface area contributed by atoms with Gasteiger partial charge in [-0.2, -0.15) is 0 Å². The lowest BCUT2D eigenvalue weighted by Gasteiger charge is -2.49. The predicted octanol–water partition coefficient (Wildman–Crippen LogP) is 3.68. The first-order valence-electron chi connectivity index (χ1n) is 14.0. The van der Waals surface area contributed by atoms with Gasteiger partial charge in [0.05, 0.1) is 17.2 Å². The first-order valence-corrected chi connectivity index (χ1v) is 14.0. The smallest absolute Gasteiger partial charge is 0.399 e. The van der Waals surface area contributed by atoms with E-state index in [2.05, 4.69) is 69.5 Å². The van der Waals surface area contributed by atoms with Crippen molar-refractivity contribution in [1.82, 2.24) is 4.90 Å². The molecule has 36 heavy (non-hydrogen) atoms. The van der Waals surface area contributed by atoms with Gasteiger partial charge >= 0.3 is 7.12 Å². The van der Waals surface area contributed by atoms with Crippen molar-refractivity contribution in [2.45, 2.75) is 108 Å². The zero-order valence-corrected chi connectivity index (χ0v) is 23.0. The standard InChI is InChI=1S/C29H43BN2O4/c1-26(2)9-12-31(19-26)21-16-22(17-21)32-24-15-20(30-35-27(3,4)28(5,6)36-30)7-8-23(24)29(25(32)18-33)10-13-34-14-11-29/h7-8,15,18,21-22,25H,9-14,16-17,19H2,1-6H3. The molecule has 0 N–H and O–H groups in total. The topological polar surface area (TPSA) is 51.2 Å². The number of rotatable bonds is 4. The number of fused-ring (bicyclic) bond motifs is 2. The van der Waals surface area contributed by atoms with Crippen molar-refractivity contribution in [3.8, 4) is 0 Å². The number of benzene rings is 1. The molecule has 0 radical (unpaired) electrons. The minimum absolute atomic E-state index is 0.133. The molecule has 6 nitrogen and oxygen atoms in total. The maximum atomic E-state index is 12.8. The number of carbonyl (C=O) groups is 1. The van der Waals surface area contributed by atoms with Crippen molar-refractivity contribution in [2.75, 3.05) is 31.2 Å². The predicted molar refractivity (Wildman–Crippen MR) is 143 cm³/mol. The molecule has 0 bridgehead atoms. The fourth-order valence-corrected chi connectivity index (χ4v) is 7.36. The average molecular weight is 494 g/mol. The summed E-state index contributed by atoms with van der Waals surface area (Å²) >= 11 is 0. The zero-order chi connectivity index (χ0) is 25.5. The van der Waals surface area contributed by atoms with Crippen LogP contribution in [0.1, 0.15) is 79.2 Å². The largest absolute Gasteiger partial charge is 0.494 e. The van der Waals surface area contributed by atoms with E-state index in [4.69, 9.17) is 14.0 Å². The van der Waals surface area contributed by atoms with Gasteiger partial charge in [-0.25, -0.2) is 0 Å². The number of hydrogen-bond acceptors (Lipinski definition) is 6. The molecule has 7 heteroatoms. The van der Waals surface area contributed by atoms with Crippen LogP contribution in [0.25, 0.3) is 0 Å². The van der Waals surface area contributed by atoms with Crippen LogP contribution < -0.4 is 10.4 Å². The Balaban J connectivity index is 1.32. The van der Waals surface area contributed by atoms with Crippen molar-refractivity contribution in [3.63, 3.8) is 0 Å². The second-order valence-electron chi connectivity index (χ2n) is 13.8. The molecule has 0 amide bonds. The molecule has 3 saturated heterocycles. The van der Waals surface area contributed by atoms with Crippen molar-refractivity contribution < 1.29 is 18.8 Å². The van der Waals surface area contributed by atoms with E-state index >= 15 is 0 Å². The van der Waals surface area contributed by atoms with E-state index in [1.165, 1.54) is 37.0 Å². The van der Waals surface area contributed by atoms with Gasteiger partial charge in [0.1, 0.15) is 6.29 Å². The number of anilines is 1. The Morgan fingerprint density at radius 2 is 1.61 bits per heavy atom. The number of carbonyl (C=O) groups excluding carboxylic acids is 1. The molecule has 4 heterocycles. The third-order valence-electron chi connectivity index (χ3n) is 10.4. The summed E-state index contributed by atoms with van der Waals surface area (Å²) in [4.78, 5) is 18.0. The minimum atomic E-state index is -0.399. The summed E-state index contributed by atoms with van der Waals surface area (Å²) in [6.45, 7) is 17.0. The first-order chi connectivity index (χ1) is 17.0. The van der Waals surface area contributed by atoms with Crippen LogP contribution in [-0.4, -0.2) is 73.9 Å². The van der Waals surface area contributed by atoms with Crippen LogP contribution in [0.3, 0.4) is 0 Å². The Hall–Kier alpha value is -1.41. The van der Waals surface area contributed by atoms with Gasteiger partial charge in [0.25, 0.3) is 0 Å². The maximum absolute atomic E-state index is 12.8. The highest BCUT2D eigenvalue weighted by atomic mass is 16.7. The number of nitrogens with zero attached hydrogens (tertiary/aromatic N) is 2. The Kier molecular flexibility index (Phi) is 5.74. The normalized spacial score (nSPS) is 34.1. The third kappa shape index (κ3) is 3.71. The molecule has 1 unspecified atom stereocenters. The molecule has 1 atom stereocenters. The molecule has 5 aliphatic rings. The van der Waals surface area contributed by atoms with Crippen LogP contribution in [0, 0.1) is 5.41 Å². The molecule has 1 saturated carbocycles. The van der Waals surface area contributed by atoms with Crippen LogP contribution >= 0.6 is 0 Å². The van der Waals surface area contributed by atoms with Crippen molar-refractivity contribution >= 4 is 24.6 Å². The van der Waals surface area contributed by atoms with Gasteiger partial charge in [0.2, 0.25) is 0 Å². The van der Waals surface area contributed by atoms with Gasteiger partial charge in [-0.05, 0) is 88.9 Å². The number of aldehydes is 1. The van der Waals surface area contributed by atoms with E-state index in [9.17, 15) is 4.79 Å². The van der Waals surface area contributed by atoms with Crippen LogP contribution in [-0.2, 0) is 24.3 Å².